The third kappa shape index (κ3) is 3.85. The molecule has 0 atom stereocenters. The summed E-state index contributed by atoms with van der Waals surface area (Å²) in [6, 6.07) is 8.75. The number of carbonyl (C=O) groups is 2. The minimum absolute atomic E-state index is 0.0220. The third-order valence-electron chi connectivity index (χ3n) is 4.25. The summed E-state index contributed by atoms with van der Waals surface area (Å²) in [7, 11) is 1.14. The monoisotopic (exact) mass is 449 g/mol. The Morgan fingerprint density at radius 1 is 1.17 bits per heavy atom. The number of nitrogens with zero attached hydrogens (tertiary/aromatic N) is 2. The van der Waals surface area contributed by atoms with Crippen molar-refractivity contribution in [3.05, 3.63) is 73.2 Å². The number of nitro benzene ring substituents is 1. The second-order valence-corrected chi connectivity index (χ2v) is 6.80. The highest BCUT2D eigenvalue weighted by atomic mass is 35.5. The van der Waals surface area contributed by atoms with Crippen LogP contribution in [0.25, 0.3) is 11.3 Å². The van der Waals surface area contributed by atoms with Crippen molar-refractivity contribution in [1.29, 1.82) is 0 Å². The van der Waals surface area contributed by atoms with E-state index in [1.54, 1.807) is 18.2 Å². The van der Waals surface area contributed by atoms with Crippen molar-refractivity contribution in [3.63, 3.8) is 0 Å². The number of methoxy groups -OCH3 is 1. The molecule has 1 aromatic heterocycles. The van der Waals surface area contributed by atoms with Crippen molar-refractivity contribution >= 4 is 46.6 Å². The Balaban J connectivity index is 2.07. The van der Waals surface area contributed by atoms with Crippen LogP contribution in [0.4, 0.5) is 11.6 Å². The fourth-order valence-corrected chi connectivity index (χ4v) is 3.38. The number of esters is 1. The number of nitro groups is 1. The molecule has 0 aliphatic heterocycles. The Morgan fingerprint density at radius 3 is 2.40 bits per heavy atom. The van der Waals surface area contributed by atoms with E-state index >= 15 is 0 Å². The molecule has 1 N–H and O–H groups in total. The van der Waals surface area contributed by atoms with Gasteiger partial charge in [-0.25, -0.2) is 4.79 Å². The lowest BCUT2D eigenvalue weighted by Gasteiger charge is -2.08. The van der Waals surface area contributed by atoms with Crippen LogP contribution in [0.15, 0.2) is 40.9 Å². The molecule has 2 aromatic carbocycles. The second kappa shape index (κ2) is 8.52. The molecular weight excluding hydrogens is 437 g/mol. The van der Waals surface area contributed by atoms with Crippen LogP contribution in [0, 0.1) is 17.0 Å². The molecule has 0 fully saturated rings. The first-order valence-electron chi connectivity index (χ1n) is 8.34. The van der Waals surface area contributed by atoms with Gasteiger partial charge in [-0.05, 0) is 25.1 Å². The highest BCUT2D eigenvalue weighted by Crippen LogP contribution is 2.38. The molecule has 0 bridgehead atoms. The third-order valence-corrected chi connectivity index (χ3v) is 4.88. The minimum Gasteiger partial charge on any atom is -0.465 e. The fraction of sp³-hybridized carbons (Fsp3) is 0.105. The van der Waals surface area contributed by atoms with Gasteiger partial charge in [0.1, 0.15) is 5.69 Å². The van der Waals surface area contributed by atoms with E-state index in [0.717, 1.165) is 7.11 Å². The van der Waals surface area contributed by atoms with Gasteiger partial charge in [0.25, 0.3) is 11.6 Å². The number of amides is 1. The number of carbonyl (C=O) groups excluding carboxylic acids is 2. The van der Waals surface area contributed by atoms with Gasteiger partial charge in [0.05, 0.1) is 22.1 Å². The maximum atomic E-state index is 12.7. The highest BCUT2D eigenvalue weighted by molar-refractivity contribution is 6.39. The van der Waals surface area contributed by atoms with Crippen LogP contribution < -0.4 is 5.32 Å². The van der Waals surface area contributed by atoms with Crippen LogP contribution >= 0.6 is 23.2 Å². The maximum Gasteiger partial charge on any atom is 0.345 e. The molecule has 0 aliphatic rings. The minimum atomic E-state index is -0.853. The maximum absolute atomic E-state index is 12.7. The van der Waals surface area contributed by atoms with E-state index in [4.69, 9.17) is 32.5 Å². The van der Waals surface area contributed by atoms with E-state index < -0.39 is 16.8 Å². The molecule has 3 rings (SSSR count). The quantitative estimate of drug-likeness (QED) is 0.333. The van der Waals surface area contributed by atoms with E-state index in [-0.39, 0.29) is 49.6 Å². The Morgan fingerprint density at radius 2 is 1.80 bits per heavy atom. The number of anilines is 1. The van der Waals surface area contributed by atoms with Gasteiger partial charge in [-0.2, -0.15) is 0 Å². The topological polar surface area (TPSA) is 125 Å². The Hall–Kier alpha value is -3.43. The molecule has 0 saturated heterocycles. The van der Waals surface area contributed by atoms with Crippen molar-refractivity contribution in [2.24, 2.45) is 0 Å². The van der Waals surface area contributed by atoms with Gasteiger partial charge < -0.3 is 9.26 Å². The summed E-state index contributed by atoms with van der Waals surface area (Å²) in [5.41, 5.74) is -0.0661. The Kier molecular flexibility index (Phi) is 6.04. The summed E-state index contributed by atoms with van der Waals surface area (Å²) in [6.45, 7) is 1.43. The van der Waals surface area contributed by atoms with E-state index in [9.17, 15) is 19.7 Å². The molecule has 9 nitrogen and oxygen atoms in total. The van der Waals surface area contributed by atoms with E-state index in [1.165, 1.54) is 25.1 Å². The van der Waals surface area contributed by atoms with Crippen molar-refractivity contribution < 1.29 is 23.8 Å². The SMILES string of the molecule is COC(=O)c1c(-c2c(Cl)cccc2Cl)noc1NC(=O)c1cccc([N+](=O)[O-])c1C. The van der Waals surface area contributed by atoms with Gasteiger partial charge in [-0.1, -0.05) is 40.5 Å². The molecular formula is C19H13Cl2N3O6. The fourth-order valence-electron chi connectivity index (χ4n) is 2.80. The smallest absolute Gasteiger partial charge is 0.345 e. The Bertz CT molecular complexity index is 1150. The molecule has 154 valence electrons. The Labute approximate surface area is 179 Å². The van der Waals surface area contributed by atoms with Crippen molar-refractivity contribution in [3.8, 4) is 11.3 Å². The van der Waals surface area contributed by atoms with E-state index in [1.807, 2.05) is 0 Å². The van der Waals surface area contributed by atoms with Gasteiger partial charge in [-0.3, -0.25) is 20.2 Å². The lowest BCUT2D eigenvalue weighted by Crippen LogP contribution is -2.16. The number of halogens is 2. The summed E-state index contributed by atoms with van der Waals surface area (Å²) >= 11 is 12.4. The van der Waals surface area contributed by atoms with Crippen LogP contribution in [0.3, 0.4) is 0 Å². The molecule has 0 radical (unpaired) electrons. The second-order valence-electron chi connectivity index (χ2n) is 5.98. The summed E-state index contributed by atoms with van der Waals surface area (Å²) in [6.07, 6.45) is 0. The molecule has 30 heavy (non-hydrogen) atoms. The standard InChI is InChI=1S/C19H13Cl2N3O6/c1-9-10(5-3-8-13(9)24(27)28)17(25)22-18-15(19(26)29-2)16(23-30-18)14-11(20)6-4-7-12(14)21/h3-8H,1-2H3,(H,22,25). The predicted molar refractivity (Wildman–Crippen MR) is 109 cm³/mol. The summed E-state index contributed by atoms with van der Waals surface area (Å²) < 4.78 is 9.93. The first kappa shape index (κ1) is 21.3. The number of nitrogens with one attached hydrogen (secondary N) is 1. The van der Waals surface area contributed by atoms with E-state index in [2.05, 4.69) is 10.5 Å². The average Bonchev–Trinajstić information content (AvgIpc) is 3.10. The molecule has 1 amide bonds. The van der Waals surface area contributed by atoms with Gasteiger partial charge in [-0.15, -0.1) is 0 Å². The number of rotatable bonds is 5. The van der Waals surface area contributed by atoms with Crippen molar-refractivity contribution in [1.82, 2.24) is 5.16 Å². The number of ether oxygens (including phenoxy) is 1. The van der Waals surface area contributed by atoms with Gasteiger partial charge in [0.15, 0.2) is 5.56 Å². The van der Waals surface area contributed by atoms with Gasteiger partial charge in [0, 0.05) is 22.8 Å². The lowest BCUT2D eigenvalue weighted by atomic mass is 10.1. The molecule has 0 spiro atoms. The number of aromatic nitrogens is 1. The summed E-state index contributed by atoms with van der Waals surface area (Å²) in [5.74, 6) is -1.91. The van der Waals surface area contributed by atoms with Crippen LogP contribution in [0.5, 0.6) is 0 Å². The van der Waals surface area contributed by atoms with Crippen LogP contribution in [0.2, 0.25) is 10.0 Å². The molecule has 1 heterocycles. The predicted octanol–water partition coefficient (Wildman–Crippen LogP) is 4.90. The van der Waals surface area contributed by atoms with E-state index in [0.29, 0.717) is 0 Å². The van der Waals surface area contributed by atoms with Crippen molar-refractivity contribution in [2.45, 2.75) is 6.92 Å². The number of hydrogen-bond acceptors (Lipinski definition) is 7. The van der Waals surface area contributed by atoms with Crippen LogP contribution in [-0.4, -0.2) is 29.1 Å². The zero-order valence-electron chi connectivity index (χ0n) is 15.6. The average molecular weight is 450 g/mol. The van der Waals surface area contributed by atoms with Crippen molar-refractivity contribution in [2.75, 3.05) is 12.4 Å². The molecule has 0 unspecified atom stereocenters. The molecule has 11 heteroatoms. The number of benzene rings is 2. The van der Waals surface area contributed by atoms with Gasteiger partial charge >= 0.3 is 5.97 Å². The summed E-state index contributed by atoms with van der Waals surface area (Å²) in [5, 5.41) is 17.7. The molecule has 3 aromatic rings. The first-order chi connectivity index (χ1) is 14.3. The normalized spacial score (nSPS) is 10.5. The summed E-state index contributed by atoms with van der Waals surface area (Å²) in [4.78, 5) is 35.6. The molecule has 0 saturated carbocycles. The van der Waals surface area contributed by atoms with Crippen LogP contribution in [0.1, 0.15) is 26.3 Å². The highest BCUT2D eigenvalue weighted by Gasteiger charge is 2.29. The zero-order valence-corrected chi connectivity index (χ0v) is 17.1. The van der Waals surface area contributed by atoms with Gasteiger partial charge in [0.2, 0.25) is 5.88 Å². The number of hydrogen-bond donors (Lipinski definition) is 1. The lowest BCUT2D eigenvalue weighted by molar-refractivity contribution is -0.385. The molecule has 0 aliphatic carbocycles. The zero-order chi connectivity index (χ0) is 22.0. The largest absolute Gasteiger partial charge is 0.465 e. The first-order valence-corrected chi connectivity index (χ1v) is 9.09. The van der Waals surface area contributed by atoms with Crippen LogP contribution in [-0.2, 0) is 4.74 Å².